The maximum Gasteiger partial charge on any atom is 0.0683 e. The van der Waals surface area contributed by atoms with Crippen molar-refractivity contribution in [2.24, 2.45) is 5.41 Å². The number of nitrogens with zero attached hydrogens (tertiary/aromatic N) is 1. The molecular formula is C15H21BrN2. The molecule has 2 nitrogen and oxygen atoms in total. The van der Waals surface area contributed by atoms with Gasteiger partial charge >= 0.3 is 0 Å². The summed E-state index contributed by atoms with van der Waals surface area (Å²) in [7, 11) is 0. The Kier molecular flexibility index (Phi) is 6.38. The van der Waals surface area contributed by atoms with E-state index in [4.69, 9.17) is 5.26 Å². The zero-order valence-electron chi connectivity index (χ0n) is 11.2. The van der Waals surface area contributed by atoms with Gasteiger partial charge in [-0.05, 0) is 44.9 Å². The van der Waals surface area contributed by atoms with E-state index in [0.29, 0.717) is 0 Å². The third-order valence-corrected chi connectivity index (χ3v) is 3.75. The molecule has 0 aliphatic carbocycles. The van der Waals surface area contributed by atoms with E-state index in [0.717, 1.165) is 36.8 Å². The molecule has 0 aliphatic rings. The number of rotatable bonds is 7. The predicted octanol–water partition coefficient (Wildman–Crippen LogP) is 4.26. The molecule has 0 aliphatic heterocycles. The fourth-order valence-electron chi connectivity index (χ4n) is 1.74. The Morgan fingerprint density at radius 2 is 2.00 bits per heavy atom. The van der Waals surface area contributed by atoms with Crippen molar-refractivity contribution < 1.29 is 0 Å². The highest BCUT2D eigenvalue weighted by atomic mass is 79.9. The molecule has 0 heterocycles. The smallest absolute Gasteiger partial charge is 0.0683 e. The van der Waals surface area contributed by atoms with Crippen LogP contribution in [0.4, 0.5) is 0 Å². The highest BCUT2D eigenvalue weighted by Gasteiger charge is 2.15. The van der Waals surface area contributed by atoms with Crippen LogP contribution in [-0.4, -0.2) is 6.54 Å². The molecule has 0 saturated carbocycles. The maximum absolute atomic E-state index is 8.91. The van der Waals surface area contributed by atoms with E-state index >= 15 is 0 Å². The van der Waals surface area contributed by atoms with Crippen molar-refractivity contribution in [2.75, 3.05) is 6.54 Å². The predicted molar refractivity (Wildman–Crippen MR) is 79.1 cm³/mol. The lowest BCUT2D eigenvalue weighted by atomic mass is 9.89. The molecule has 1 N–H and O–H groups in total. The van der Waals surface area contributed by atoms with Crippen LogP contribution in [0.1, 0.15) is 38.7 Å². The summed E-state index contributed by atoms with van der Waals surface area (Å²) in [5.74, 6) is 0. The minimum Gasteiger partial charge on any atom is -0.313 e. The molecule has 0 spiro atoms. The van der Waals surface area contributed by atoms with Crippen LogP contribution in [0, 0.1) is 16.7 Å². The molecule has 0 saturated heterocycles. The largest absolute Gasteiger partial charge is 0.313 e. The Hall–Kier alpha value is -0.850. The van der Waals surface area contributed by atoms with Gasteiger partial charge in [0.2, 0.25) is 0 Å². The van der Waals surface area contributed by atoms with Crippen molar-refractivity contribution in [3.8, 4) is 6.07 Å². The molecule has 1 aromatic carbocycles. The first kappa shape index (κ1) is 15.2. The molecule has 0 fully saturated rings. The first-order valence-electron chi connectivity index (χ1n) is 6.40. The summed E-state index contributed by atoms with van der Waals surface area (Å²) in [5.41, 5.74) is 1.11. The molecule has 18 heavy (non-hydrogen) atoms. The first-order valence-corrected chi connectivity index (χ1v) is 7.20. The van der Waals surface area contributed by atoms with Crippen LogP contribution in [0.15, 0.2) is 28.7 Å². The molecule has 0 aromatic heterocycles. The summed E-state index contributed by atoms with van der Waals surface area (Å²) < 4.78 is 1.16. The SMILES string of the molecule is CC(C)(C#N)CCCCNCc1ccccc1Br. The van der Waals surface area contributed by atoms with Crippen LogP contribution in [-0.2, 0) is 6.54 Å². The van der Waals surface area contributed by atoms with E-state index in [2.05, 4.69) is 45.5 Å². The Labute approximate surface area is 119 Å². The van der Waals surface area contributed by atoms with E-state index in [1.54, 1.807) is 0 Å². The van der Waals surface area contributed by atoms with Crippen molar-refractivity contribution in [1.82, 2.24) is 5.32 Å². The van der Waals surface area contributed by atoms with Crippen LogP contribution in [0.5, 0.6) is 0 Å². The minimum atomic E-state index is -0.178. The van der Waals surface area contributed by atoms with E-state index in [1.807, 2.05) is 19.9 Å². The molecule has 1 rings (SSSR count). The van der Waals surface area contributed by atoms with Gasteiger partial charge in [-0.2, -0.15) is 5.26 Å². The summed E-state index contributed by atoms with van der Waals surface area (Å²) >= 11 is 3.54. The van der Waals surface area contributed by atoms with Crippen LogP contribution in [0.25, 0.3) is 0 Å². The van der Waals surface area contributed by atoms with Crippen LogP contribution >= 0.6 is 15.9 Å². The zero-order valence-corrected chi connectivity index (χ0v) is 12.8. The van der Waals surface area contributed by atoms with Crippen LogP contribution in [0.3, 0.4) is 0 Å². The summed E-state index contributed by atoms with van der Waals surface area (Å²) in [6.07, 6.45) is 3.19. The first-order chi connectivity index (χ1) is 8.55. The normalized spacial score (nSPS) is 11.2. The second kappa shape index (κ2) is 7.56. The van der Waals surface area contributed by atoms with Crippen molar-refractivity contribution in [2.45, 2.75) is 39.7 Å². The van der Waals surface area contributed by atoms with Gasteiger partial charge in [0.25, 0.3) is 0 Å². The summed E-state index contributed by atoms with van der Waals surface area (Å²) in [6.45, 7) is 5.90. The lowest BCUT2D eigenvalue weighted by Crippen LogP contribution is -2.16. The number of unbranched alkanes of at least 4 members (excludes halogenated alkanes) is 1. The van der Waals surface area contributed by atoms with Gasteiger partial charge in [0.1, 0.15) is 0 Å². The molecule has 1 aromatic rings. The Morgan fingerprint density at radius 1 is 1.28 bits per heavy atom. The minimum absolute atomic E-state index is 0.178. The van der Waals surface area contributed by atoms with Gasteiger partial charge in [-0.15, -0.1) is 0 Å². The van der Waals surface area contributed by atoms with Gasteiger partial charge in [-0.3, -0.25) is 0 Å². The Bertz CT molecular complexity index is 407. The molecule has 3 heteroatoms. The van der Waals surface area contributed by atoms with Crippen molar-refractivity contribution >= 4 is 15.9 Å². The standard InChI is InChI=1S/C15H21BrN2/c1-15(2,12-17)9-5-6-10-18-11-13-7-3-4-8-14(13)16/h3-4,7-8,18H,5-6,9-11H2,1-2H3. The quantitative estimate of drug-likeness (QED) is 0.764. The van der Waals surface area contributed by atoms with E-state index in [1.165, 1.54) is 5.56 Å². The summed E-state index contributed by atoms with van der Waals surface area (Å²) in [4.78, 5) is 0. The number of benzene rings is 1. The zero-order chi connectivity index (χ0) is 13.4. The van der Waals surface area contributed by atoms with Gasteiger partial charge in [0.05, 0.1) is 11.5 Å². The second-order valence-electron chi connectivity index (χ2n) is 5.22. The Morgan fingerprint density at radius 3 is 2.67 bits per heavy atom. The molecular weight excluding hydrogens is 288 g/mol. The van der Waals surface area contributed by atoms with E-state index < -0.39 is 0 Å². The molecule has 0 amide bonds. The highest BCUT2D eigenvalue weighted by molar-refractivity contribution is 9.10. The van der Waals surface area contributed by atoms with Crippen molar-refractivity contribution in [3.05, 3.63) is 34.3 Å². The third kappa shape index (κ3) is 5.66. The van der Waals surface area contributed by atoms with Gasteiger partial charge in [-0.25, -0.2) is 0 Å². The molecule has 0 radical (unpaired) electrons. The van der Waals surface area contributed by atoms with Crippen molar-refractivity contribution in [1.29, 1.82) is 5.26 Å². The van der Waals surface area contributed by atoms with E-state index in [-0.39, 0.29) is 5.41 Å². The van der Waals surface area contributed by atoms with Gasteiger partial charge in [-0.1, -0.05) is 40.5 Å². The molecule has 98 valence electrons. The average Bonchev–Trinajstić information content (AvgIpc) is 2.35. The lowest BCUT2D eigenvalue weighted by molar-refractivity contribution is 0.422. The molecule has 0 unspecified atom stereocenters. The lowest BCUT2D eigenvalue weighted by Gasteiger charge is -2.14. The fourth-order valence-corrected chi connectivity index (χ4v) is 2.16. The average molecular weight is 309 g/mol. The highest BCUT2D eigenvalue weighted by Crippen LogP contribution is 2.21. The topological polar surface area (TPSA) is 35.8 Å². The number of nitriles is 1. The van der Waals surface area contributed by atoms with Crippen LogP contribution < -0.4 is 5.32 Å². The molecule has 0 atom stereocenters. The molecule has 0 bridgehead atoms. The Balaban J connectivity index is 2.13. The third-order valence-electron chi connectivity index (χ3n) is 2.98. The summed E-state index contributed by atoms with van der Waals surface area (Å²) in [5, 5.41) is 12.3. The van der Waals surface area contributed by atoms with Crippen LogP contribution in [0.2, 0.25) is 0 Å². The van der Waals surface area contributed by atoms with Gasteiger partial charge < -0.3 is 5.32 Å². The number of nitrogens with one attached hydrogen (secondary N) is 1. The fraction of sp³-hybridized carbons (Fsp3) is 0.533. The van der Waals surface area contributed by atoms with Gasteiger partial charge in [0, 0.05) is 11.0 Å². The van der Waals surface area contributed by atoms with Crippen molar-refractivity contribution in [3.63, 3.8) is 0 Å². The maximum atomic E-state index is 8.91. The monoisotopic (exact) mass is 308 g/mol. The summed E-state index contributed by atoms with van der Waals surface area (Å²) in [6, 6.07) is 10.6. The van der Waals surface area contributed by atoms with E-state index in [9.17, 15) is 0 Å². The number of halogens is 1. The van der Waals surface area contributed by atoms with Gasteiger partial charge in [0.15, 0.2) is 0 Å². The second-order valence-corrected chi connectivity index (χ2v) is 6.08. The number of hydrogen-bond donors (Lipinski definition) is 1. The number of hydrogen-bond acceptors (Lipinski definition) is 2.